The van der Waals surface area contributed by atoms with E-state index < -0.39 is 6.09 Å². The highest BCUT2D eigenvalue weighted by molar-refractivity contribution is 5.94. The van der Waals surface area contributed by atoms with Crippen molar-refractivity contribution < 1.29 is 14.3 Å². The Balaban J connectivity index is 1.30. The van der Waals surface area contributed by atoms with Gasteiger partial charge in [-0.05, 0) is 47.7 Å². The van der Waals surface area contributed by atoms with Crippen LogP contribution in [-0.2, 0) is 4.74 Å². The summed E-state index contributed by atoms with van der Waals surface area (Å²) in [5.74, 6) is 6.21. The molecule has 4 rings (SSSR count). The first-order valence-electron chi connectivity index (χ1n) is 10.7. The Morgan fingerprint density at radius 1 is 0.969 bits per heavy atom. The van der Waals surface area contributed by atoms with E-state index in [0.717, 1.165) is 11.1 Å². The van der Waals surface area contributed by atoms with Crippen molar-refractivity contribution >= 4 is 11.9 Å². The number of benzene rings is 3. The fourth-order valence-corrected chi connectivity index (χ4v) is 4.01. The zero-order chi connectivity index (χ0) is 22.5. The third-order valence-electron chi connectivity index (χ3n) is 5.73. The van der Waals surface area contributed by atoms with Crippen LogP contribution in [0.15, 0.2) is 66.7 Å². The fraction of sp³-hybridized carbons (Fsp3) is 0.214. The number of ketones is 1. The predicted molar refractivity (Wildman–Crippen MR) is 126 cm³/mol. The van der Waals surface area contributed by atoms with Crippen molar-refractivity contribution in [2.75, 3.05) is 13.2 Å². The van der Waals surface area contributed by atoms with Gasteiger partial charge in [0.05, 0.1) is 0 Å². The lowest BCUT2D eigenvalue weighted by molar-refractivity contribution is 0.101. The minimum absolute atomic E-state index is 0.0185. The summed E-state index contributed by atoms with van der Waals surface area (Å²) < 4.78 is 5.53. The van der Waals surface area contributed by atoms with Crippen LogP contribution in [0.25, 0.3) is 11.1 Å². The number of aryl methyl sites for hydroxylation is 1. The fourth-order valence-electron chi connectivity index (χ4n) is 4.01. The zero-order valence-electron chi connectivity index (χ0n) is 18.3. The highest BCUT2D eigenvalue weighted by atomic mass is 16.5. The Kier molecular flexibility index (Phi) is 6.37. The monoisotopic (exact) mass is 423 g/mol. The van der Waals surface area contributed by atoms with Crippen LogP contribution in [0.5, 0.6) is 0 Å². The summed E-state index contributed by atoms with van der Waals surface area (Å²) >= 11 is 0. The van der Waals surface area contributed by atoms with Gasteiger partial charge in [-0.1, -0.05) is 72.5 Å². The number of carbonyl (C=O) groups is 2. The van der Waals surface area contributed by atoms with Crippen molar-refractivity contribution in [1.29, 1.82) is 0 Å². The number of hydrogen-bond donors (Lipinski definition) is 1. The van der Waals surface area contributed by atoms with Crippen LogP contribution < -0.4 is 5.32 Å². The molecule has 0 radical (unpaired) electrons. The number of rotatable bonds is 5. The molecule has 1 N–H and O–H groups in total. The second-order valence-electron chi connectivity index (χ2n) is 7.89. The van der Waals surface area contributed by atoms with Crippen LogP contribution in [-0.4, -0.2) is 25.0 Å². The summed E-state index contributed by atoms with van der Waals surface area (Å²) in [6.07, 6.45) is 0.0527. The Bertz CT molecular complexity index is 1190. The lowest BCUT2D eigenvalue weighted by Gasteiger charge is -2.14. The molecule has 0 aromatic heterocycles. The van der Waals surface area contributed by atoms with Gasteiger partial charge >= 0.3 is 6.09 Å². The van der Waals surface area contributed by atoms with E-state index in [4.69, 9.17) is 4.74 Å². The Morgan fingerprint density at radius 3 is 2.28 bits per heavy atom. The first-order valence-corrected chi connectivity index (χ1v) is 10.7. The maximum absolute atomic E-state index is 12.2. The van der Waals surface area contributed by atoms with Crippen molar-refractivity contribution in [2.24, 2.45) is 0 Å². The maximum atomic E-state index is 12.2. The molecule has 0 saturated heterocycles. The van der Waals surface area contributed by atoms with Crippen LogP contribution in [0.1, 0.15) is 51.9 Å². The van der Waals surface area contributed by atoms with Crippen molar-refractivity contribution in [3.05, 3.63) is 94.5 Å². The lowest BCUT2D eigenvalue weighted by atomic mass is 9.98. The van der Waals surface area contributed by atoms with Gasteiger partial charge in [-0.25, -0.2) is 4.79 Å². The molecule has 0 spiro atoms. The van der Waals surface area contributed by atoms with E-state index in [2.05, 4.69) is 41.4 Å². The number of ether oxygens (including phenoxy) is 1. The molecule has 1 aliphatic carbocycles. The molecule has 0 heterocycles. The Hall–Kier alpha value is -3.84. The normalized spacial score (nSPS) is 11.7. The number of amides is 1. The molecule has 0 unspecified atom stereocenters. The van der Waals surface area contributed by atoms with Crippen LogP contribution in [0, 0.1) is 18.8 Å². The standard InChI is InChI=1S/C28H25NO3/c1-19-14-15-22(20(2)30)17-21(19)9-7-8-16-29-28(31)32-18-27-25-12-5-3-10-23(25)24-11-4-6-13-26(24)27/h3-6,10-15,17,27H,8,16,18H2,1-2H3,(H,29,31). The minimum Gasteiger partial charge on any atom is -0.449 e. The molecule has 4 nitrogen and oxygen atoms in total. The molecule has 160 valence electrons. The van der Waals surface area contributed by atoms with E-state index in [1.165, 1.54) is 22.3 Å². The Morgan fingerprint density at radius 2 is 1.62 bits per heavy atom. The first-order chi connectivity index (χ1) is 15.5. The second kappa shape index (κ2) is 9.53. The summed E-state index contributed by atoms with van der Waals surface area (Å²) in [5.41, 5.74) is 7.29. The van der Waals surface area contributed by atoms with Crippen molar-refractivity contribution in [2.45, 2.75) is 26.2 Å². The molecule has 0 bridgehead atoms. The van der Waals surface area contributed by atoms with Gasteiger partial charge < -0.3 is 10.1 Å². The van der Waals surface area contributed by atoms with Gasteiger partial charge in [-0.2, -0.15) is 0 Å². The van der Waals surface area contributed by atoms with Crippen molar-refractivity contribution in [3.8, 4) is 23.0 Å². The van der Waals surface area contributed by atoms with E-state index in [9.17, 15) is 9.59 Å². The number of Topliss-reactive ketones (excluding diaryl/α,β-unsaturated/α-hetero) is 1. The summed E-state index contributed by atoms with van der Waals surface area (Å²) in [6.45, 7) is 4.20. The smallest absolute Gasteiger partial charge is 0.407 e. The number of hydrogen-bond acceptors (Lipinski definition) is 3. The third kappa shape index (κ3) is 4.58. The number of nitrogens with one attached hydrogen (secondary N) is 1. The van der Waals surface area contributed by atoms with Gasteiger partial charge in [0.15, 0.2) is 5.78 Å². The van der Waals surface area contributed by atoms with Crippen LogP contribution in [0.4, 0.5) is 4.79 Å². The molecular formula is C28H25NO3. The van der Waals surface area contributed by atoms with Crippen molar-refractivity contribution in [3.63, 3.8) is 0 Å². The third-order valence-corrected chi connectivity index (χ3v) is 5.73. The predicted octanol–water partition coefficient (Wildman–Crippen LogP) is 5.48. The molecule has 0 aliphatic heterocycles. The maximum Gasteiger partial charge on any atom is 0.407 e. The van der Waals surface area contributed by atoms with E-state index in [0.29, 0.717) is 25.1 Å². The summed E-state index contributed by atoms with van der Waals surface area (Å²) in [5, 5.41) is 2.77. The van der Waals surface area contributed by atoms with E-state index in [-0.39, 0.29) is 11.7 Å². The molecule has 32 heavy (non-hydrogen) atoms. The molecule has 4 heteroatoms. The summed E-state index contributed by atoms with van der Waals surface area (Å²) in [7, 11) is 0. The second-order valence-corrected chi connectivity index (χ2v) is 7.89. The largest absolute Gasteiger partial charge is 0.449 e. The molecule has 0 saturated carbocycles. The minimum atomic E-state index is -0.441. The highest BCUT2D eigenvalue weighted by Gasteiger charge is 2.28. The molecule has 1 aliphatic rings. The summed E-state index contributed by atoms with van der Waals surface area (Å²) in [4.78, 5) is 23.8. The molecule has 3 aromatic carbocycles. The molecule has 0 atom stereocenters. The number of alkyl carbamates (subject to hydrolysis) is 1. The van der Waals surface area contributed by atoms with Gasteiger partial charge in [0.2, 0.25) is 0 Å². The first kappa shape index (κ1) is 21.4. The molecule has 3 aromatic rings. The number of fused-ring (bicyclic) bond motifs is 3. The quantitative estimate of drug-likeness (QED) is 0.336. The average molecular weight is 424 g/mol. The van der Waals surface area contributed by atoms with Crippen molar-refractivity contribution in [1.82, 2.24) is 5.32 Å². The van der Waals surface area contributed by atoms with E-state index in [1.807, 2.05) is 49.4 Å². The average Bonchev–Trinajstić information content (AvgIpc) is 3.12. The van der Waals surface area contributed by atoms with Gasteiger partial charge in [0, 0.05) is 30.0 Å². The number of carbonyl (C=O) groups excluding carboxylic acids is 2. The molecule has 0 fully saturated rings. The molecule has 1 amide bonds. The van der Waals surface area contributed by atoms with Gasteiger partial charge in [-0.3, -0.25) is 4.79 Å². The Labute approximate surface area is 188 Å². The van der Waals surface area contributed by atoms with Gasteiger partial charge in [0.25, 0.3) is 0 Å². The SMILES string of the molecule is CC(=O)c1ccc(C)c(C#CCCNC(=O)OCC2c3ccccc3-c3ccccc32)c1. The molecular weight excluding hydrogens is 398 g/mol. The van der Waals surface area contributed by atoms with Crippen LogP contribution in [0.3, 0.4) is 0 Å². The highest BCUT2D eigenvalue weighted by Crippen LogP contribution is 2.44. The van der Waals surface area contributed by atoms with E-state index in [1.54, 1.807) is 6.92 Å². The lowest BCUT2D eigenvalue weighted by Crippen LogP contribution is -2.26. The summed E-state index contributed by atoms with van der Waals surface area (Å²) in [6, 6.07) is 22.0. The van der Waals surface area contributed by atoms with E-state index >= 15 is 0 Å². The van der Waals surface area contributed by atoms with Gasteiger partial charge in [0.1, 0.15) is 6.61 Å². The van der Waals surface area contributed by atoms with Crippen LogP contribution in [0.2, 0.25) is 0 Å². The topological polar surface area (TPSA) is 55.4 Å². The zero-order valence-corrected chi connectivity index (χ0v) is 18.3. The van der Waals surface area contributed by atoms with Gasteiger partial charge in [-0.15, -0.1) is 0 Å². The van der Waals surface area contributed by atoms with Crippen LogP contribution >= 0.6 is 0 Å².